The third-order valence-electron chi connectivity index (χ3n) is 2.14. The molecule has 0 fully saturated rings. The molecule has 0 aliphatic rings. The van der Waals surface area contributed by atoms with Crippen molar-refractivity contribution in [1.29, 1.82) is 0 Å². The predicted molar refractivity (Wildman–Crippen MR) is 52.1 cm³/mol. The van der Waals surface area contributed by atoms with Crippen molar-refractivity contribution in [1.82, 2.24) is 9.97 Å². The summed E-state index contributed by atoms with van der Waals surface area (Å²) in [6.45, 7) is 0. The molecule has 4 nitrogen and oxygen atoms in total. The summed E-state index contributed by atoms with van der Waals surface area (Å²) >= 11 is 0. The van der Waals surface area contributed by atoms with Crippen molar-refractivity contribution in [3.05, 3.63) is 41.0 Å². The molecule has 3 aromatic rings. The van der Waals surface area contributed by atoms with Crippen LogP contribution < -0.4 is 5.76 Å². The highest BCUT2D eigenvalue weighted by atomic mass is 16.4. The Labute approximate surface area is 78.2 Å². The highest BCUT2D eigenvalue weighted by Crippen LogP contribution is 2.18. The van der Waals surface area contributed by atoms with Gasteiger partial charge in [0.05, 0.1) is 11.0 Å². The van der Waals surface area contributed by atoms with E-state index in [2.05, 4.69) is 9.97 Å². The van der Waals surface area contributed by atoms with Crippen LogP contribution in [0.5, 0.6) is 0 Å². The second-order valence-electron chi connectivity index (χ2n) is 3.06. The summed E-state index contributed by atoms with van der Waals surface area (Å²) in [5.41, 5.74) is 2.09. The lowest BCUT2D eigenvalue weighted by molar-refractivity contribution is 0.555. The van der Waals surface area contributed by atoms with E-state index in [0.717, 1.165) is 10.9 Å². The van der Waals surface area contributed by atoms with E-state index in [1.54, 1.807) is 18.3 Å². The number of rotatable bonds is 0. The van der Waals surface area contributed by atoms with Crippen LogP contribution in [0.1, 0.15) is 0 Å². The van der Waals surface area contributed by atoms with Gasteiger partial charge in [-0.15, -0.1) is 0 Å². The van der Waals surface area contributed by atoms with E-state index in [-0.39, 0.29) is 0 Å². The molecule has 0 aliphatic carbocycles. The molecule has 0 bridgehead atoms. The van der Waals surface area contributed by atoms with E-state index < -0.39 is 5.76 Å². The Balaban J connectivity index is 2.57. The molecule has 4 heteroatoms. The number of nitrogens with zero attached hydrogens (tertiary/aromatic N) is 1. The van der Waals surface area contributed by atoms with Crippen molar-refractivity contribution in [2.75, 3.05) is 0 Å². The van der Waals surface area contributed by atoms with Crippen LogP contribution >= 0.6 is 0 Å². The molecule has 0 spiro atoms. The van der Waals surface area contributed by atoms with Gasteiger partial charge in [-0.1, -0.05) is 6.07 Å². The first-order chi connectivity index (χ1) is 6.83. The number of pyridine rings is 1. The number of hydrogen-bond acceptors (Lipinski definition) is 3. The smallest absolute Gasteiger partial charge is 0.408 e. The molecular formula is C10H6N2O2. The standard InChI is InChI=1S/C10H6N2O2/c13-10-12-8-5-7-6(2-1-3-11-7)4-9(8)14-10/h1-5H,(H,12,13). The minimum absolute atomic E-state index is 0.435. The number of nitrogens with one attached hydrogen (secondary N) is 1. The molecule has 0 radical (unpaired) electrons. The maximum absolute atomic E-state index is 10.9. The number of H-pyrrole nitrogens is 1. The molecule has 0 unspecified atom stereocenters. The lowest BCUT2D eigenvalue weighted by Crippen LogP contribution is -1.92. The topological polar surface area (TPSA) is 58.9 Å². The Bertz CT molecular complexity index is 611. The van der Waals surface area contributed by atoms with E-state index in [9.17, 15) is 4.79 Å². The SMILES string of the molecule is O=c1[nH]c2cc3ncccc3cc2o1. The number of aromatic amines is 1. The van der Waals surface area contributed by atoms with Gasteiger partial charge in [0, 0.05) is 11.6 Å². The monoisotopic (exact) mass is 186 g/mol. The third-order valence-corrected chi connectivity index (χ3v) is 2.14. The van der Waals surface area contributed by atoms with Gasteiger partial charge in [-0.3, -0.25) is 9.97 Å². The lowest BCUT2D eigenvalue weighted by atomic mass is 10.2. The number of hydrogen-bond donors (Lipinski definition) is 1. The van der Waals surface area contributed by atoms with Crippen LogP contribution in [-0.4, -0.2) is 9.97 Å². The summed E-state index contributed by atoms with van der Waals surface area (Å²) < 4.78 is 4.94. The number of benzene rings is 1. The molecule has 68 valence electrons. The first-order valence-corrected chi connectivity index (χ1v) is 4.20. The summed E-state index contributed by atoms with van der Waals surface area (Å²) in [6.07, 6.45) is 1.71. The lowest BCUT2D eigenvalue weighted by Gasteiger charge is -1.94. The van der Waals surface area contributed by atoms with E-state index in [4.69, 9.17) is 4.42 Å². The van der Waals surface area contributed by atoms with Crippen molar-refractivity contribution in [3.63, 3.8) is 0 Å². The molecule has 14 heavy (non-hydrogen) atoms. The highest BCUT2D eigenvalue weighted by Gasteiger charge is 2.02. The van der Waals surface area contributed by atoms with Crippen LogP contribution in [0, 0.1) is 0 Å². The van der Waals surface area contributed by atoms with Crippen LogP contribution in [-0.2, 0) is 0 Å². The largest absolute Gasteiger partial charge is 0.417 e. The second kappa shape index (κ2) is 2.45. The normalized spacial score (nSPS) is 11.1. The summed E-state index contributed by atoms with van der Waals surface area (Å²) in [6, 6.07) is 7.37. The van der Waals surface area contributed by atoms with Gasteiger partial charge in [0.1, 0.15) is 0 Å². The van der Waals surface area contributed by atoms with Gasteiger partial charge >= 0.3 is 5.76 Å². The zero-order valence-corrected chi connectivity index (χ0v) is 7.15. The van der Waals surface area contributed by atoms with Crippen LogP contribution in [0.4, 0.5) is 0 Å². The molecule has 0 atom stereocenters. The molecule has 1 aromatic carbocycles. The Morgan fingerprint density at radius 2 is 2.29 bits per heavy atom. The molecule has 2 heterocycles. The Morgan fingerprint density at radius 3 is 3.21 bits per heavy atom. The first kappa shape index (κ1) is 7.32. The van der Waals surface area contributed by atoms with Gasteiger partial charge in [0.25, 0.3) is 0 Å². The van der Waals surface area contributed by atoms with Gasteiger partial charge < -0.3 is 4.42 Å². The Morgan fingerprint density at radius 1 is 1.36 bits per heavy atom. The maximum Gasteiger partial charge on any atom is 0.417 e. The van der Waals surface area contributed by atoms with Gasteiger partial charge in [-0.2, -0.15) is 0 Å². The van der Waals surface area contributed by atoms with E-state index in [1.165, 1.54) is 0 Å². The van der Waals surface area contributed by atoms with Crippen LogP contribution in [0.2, 0.25) is 0 Å². The molecule has 0 saturated carbocycles. The van der Waals surface area contributed by atoms with Crippen molar-refractivity contribution >= 4 is 22.0 Å². The van der Waals surface area contributed by atoms with Crippen molar-refractivity contribution in [2.24, 2.45) is 0 Å². The predicted octanol–water partition coefficient (Wildman–Crippen LogP) is 1.67. The zero-order valence-electron chi connectivity index (χ0n) is 7.15. The van der Waals surface area contributed by atoms with Crippen LogP contribution in [0.3, 0.4) is 0 Å². The van der Waals surface area contributed by atoms with Crippen LogP contribution in [0.15, 0.2) is 39.7 Å². The van der Waals surface area contributed by atoms with E-state index >= 15 is 0 Å². The van der Waals surface area contributed by atoms with Gasteiger partial charge in [0.15, 0.2) is 5.58 Å². The van der Waals surface area contributed by atoms with Crippen molar-refractivity contribution in [3.8, 4) is 0 Å². The van der Waals surface area contributed by atoms with Crippen LogP contribution in [0.25, 0.3) is 22.0 Å². The highest BCUT2D eigenvalue weighted by molar-refractivity contribution is 5.91. The third kappa shape index (κ3) is 0.939. The summed E-state index contributed by atoms with van der Waals surface area (Å²) in [5, 5.41) is 0.961. The zero-order chi connectivity index (χ0) is 9.54. The molecule has 3 rings (SSSR count). The number of oxazole rings is 1. The Hall–Kier alpha value is -2.10. The maximum atomic E-state index is 10.9. The minimum atomic E-state index is -0.435. The fourth-order valence-electron chi connectivity index (χ4n) is 1.52. The second-order valence-corrected chi connectivity index (χ2v) is 3.06. The van der Waals surface area contributed by atoms with Crippen molar-refractivity contribution < 1.29 is 4.42 Å². The fourth-order valence-corrected chi connectivity index (χ4v) is 1.52. The van der Waals surface area contributed by atoms with Crippen molar-refractivity contribution in [2.45, 2.75) is 0 Å². The van der Waals surface area contributed by atoms with Gasteiger partial charge in [-0.05, 0) is 18.2 Å². The average Bonchev–Trinajstić information content (AvgIpc) is 2.53. The summed E-state index contributed by atoms with van der Waals surface area (Å²) in [4.78, 5) is 17.7. The van der Waals surface area contributed by atoms with Gasteiger partial charge in [-0.25, -0.2) is 4.79 Å². The average molecular weight is 186 g/mol. The Kier molecular flexibility index (Phi) is 1.28. The van der Waals surface area contributed by atoms with E-state index in [0.29, 0.717) is 11.1 Å². The first-order valence-electron chi connectivity index (χ1n) is 4.20. The fraction of sp³-hybridized carbons (Fsp3) is 0. The van der Waals surface area contributed by atoms with E-state index in [1.807, 2.05) is 12.1 Å². The summed E-state index contributed by atoms with van der Waals surface area (Å²) in [7, 11) is 0. The summed E-state index contributed by atoms with van der Waals surface area (Å²) in [5.74, 6) is -0.435. The quantitative estimate of drug-likeness (QED) is 0.581. The molecule has 0 aliphatic heterocycles. The molecule has 1 N–H and O–H groups in total. The molecular weight excluding hydrogens is 180 g/mol. The van der Waals surface area contributed by atoms with Gasteiger partial charge in [0.2, 0.25) is 0 Å². The molecule has 0 saturated heterocycles. The molecule has 0 amide bonds. The number of fused-ring (bicyclic) bond motifs is 2. The minimum Gasteiger partial charge on any atom is -0.408 e. The number of aromatic nitrogens is 2. The molecule has 2 aromatic heterocycles.